The van der Waals surface area contributed by atoms with Crippen LogP contribution in [0.15, 0.2) is 18.2 Å². The summed E-state index contributed by atoms with van der Waals surface area (Å²) in [4.78, 5) is 29.5. The number of fused-ring (bicyclic) bond motifs is 1. The Balaban J connectivity index is 1.45. The van der Waals surface area contributed by atoms with E-state index in [4.69, 9.17) is 14.2 Å². The minimum atomic E-state index is -0.504. The molecule has 1 unspecified atom stereocenters. The lowest BCUT2D eigenvalue weighted by Crippen LogP contribution is -2.55. The minimum absolute atomic E-state index is 0.0109. The fourth-order valence-electron chi connectivity index (χ4n) is 4.62. The van der Waals surface area contributed by atoms with E-state index in [-0.39, 0.29) is 24.2 Å². The van der Waals surface area contributed by atoms with Crippen LogP contribution in [0.4, 0.5) is 4.79 Å². The highest BCUT2D eigenvalue weighted by Crippen LogP contribution is 2.40. The van der Waals surface area contributed by atoms with Crippen LogP contribution in [-0.4, -0.2) is 60.4 Å². The number of rotatable bonds is 1. The van der Waals surface area contributed by atoms with Gasteiger partial charge in [-0.25, -0.2) is 4.79 Å². The zero-order valence-corrected chi connectivity index (χ0v) is 17.5. The van der Waals surface area contributed by atoms with Crippen molar-refractivity contribution in [1.82, 2.24) is 9.80 Å². The quantitative estimate of drug-likeness (QED) is 0.717. The number of benzene rings is 1. The Labute approximate surface area is 171 Å². The molecule has 0 aliphatic carbocycles. The summed E-state index contributed by atoms with van der Waals surface area (Å²) in [6.07, 6.45) is 3.67. The molecular weight excluding hydrogens is 372 g/mol. The number of carbonyl (C=O) groups is 2. The molecule has 0 N–H and O–H groups in total. The van der Waals surface area contributed by atoms with Crippen LogP contribution in [0.5, 0.6) is 11.5 Å². The molecule has 7 heteroatoms. The number of carbonyl (C=O) groups excluding carboxylic acids is 2. The second-order valence-corrected chi connectivity index (χ2v) is 9.40. The molecule has 1 atom stereocenters. The van der Waals surface area contributed by atoms with Crippen molar-refractivity contribution in [1.29, 1.82) is 0 Å². The second kappa shape index (κ2) is 7.43. The van der Waals surface area contributed by atoms with Crippen LogP contribution in [0.2, 0.25) is 0 Å². The van der Waals surface area contributed by atoms with Gasteiger partial charge in [0.15, 0.2) is 11.5 Å². The third-order valence-electron chi connectivity index (χ3n) is 5.88. The molecule has 1 spiro atoms. The van der Waals surface area contributed by atoms with Crippen molar-refractivity contribution >= 4 is 12.0 Å². The largest absolute Gasteiger partial charge is 0.454 e. The molecule has 2 saturated heterocycles. The minimum Gasteiger partial charge on any atom is -0.454 e. The Morgan fingerprint density at radius 2 is 1.66 bits per heavy atom. The summed E-state index contributed by atoms with van der Waals surface area (Å²) in [5, 5.41) is 0. The molecular formula is C22H30N2O5. The van der Waals surface area contributed by atoms with Gasteiger partial charge in [0.2, 0.25) is 6.79 Å². The Morgan fingerprint density at radius 1 is 1.00 bits per heavy atom. The smallest absolute Gasteiger partial charge is 0.410 e. The van der Waals surface area contributed by atoms with E-state index in [1.165, 1.54) is 0 Å². The fourth-order valence-corrected chi connectivity index (χ4v) is 4.62. The molecule has 2 amide bonds. The van der Waals surface area contributed by atoms with Gasteiger partial charge < -0.3 is 24.0 Å². The lowest BCUT2D eigenvalue weighted by molar-refractivity contribution is -0.0129. The SMILES string of the molecule is CC(C)(C)OC(=O)N1CCCC2(CCCN(C(=O)c3ccc4c(c3)OCO4)C2)C1. The predicted molar refractivity (Wildman–Crippen MR) is 107 cm³/mol. The maximum Gasteiger partial charge on any atom is 0.410 e. The highest BCUT2D eigenvalue weighted by atomic mass is 16.7. The van der Waals surface area contributed by atoms with E-state index in [0.29, 0.717) is 36.7 Å². The number of amides is 2. The third-order valence-corrected chi connectivity index (χ3v) is 5.88. The van der Waals surface area contributed by atoms with E-state index < -0.39 is 5.60 Å². The zero-order valence-electron chi connectivity index (χ0n) is 17.5. The van der Waals surface area contributed by atoms with E-state index >= 15 is 0 Å². The van der Waals surface area contributed by atoms with Crippen LogP contribution < -0.4 is 9.47 Å². The summed E-state index contributed by atoms with van der Waals surface area (Å²) >= 11 is 0. The highest BCUT2D eigenvalue weighted by Gasteiger charge is 2.42. The topological polar surface area (TPSA) is 68.3 Å². The monoisotopic (exact) mass is 402 g/mol. The summed E-state index contributed by atoms with van der Waals surface area (Å²) in [5.74, 6) is 1.31. The molecule has 29 heavy (non-hydrogen) atoms. The van der Waals surface area contributed by atoms with Gasteiger partial charge in [-0.2, -0.15) is 0 Å². The molecule has 0 saturated carbocycles. The van der Waals surface area contributed by atoms with E-state index in [9.17, 15) is 9.59 Å². The molecule has 1 aromatic carbocycles. The zero-order chi connectivity index (χ0) is 20.6. The van der Waals surface area contributed by atoms with Gasteiger partial charge in [0, 0.05) is 37.2 Å². The molecule has 3 heterocycles. The van der Waals surface area contributed by atoms with Crippen molar-refractivity contribution in [3.63, 3.8) is 0 Å². The second-order valence-electron chi connectivity index (χ2n) is 9.40. The first-order valence-electron chi connectivity index (χ1n) is 10.4. The first-order chi connectivity index (χ1) is 13.7. The van der Waals surface area contributed by atoms with Crippen molar-refractivity contribution < 1.29 is 23.8 Å². The molecule has 0 bridgehead atoms. The van der Waals surface area contributed by atoms with Gasteiger partial charge in [-0.05, 0) is 64.7 Å². The van der Waals surface area contributed by atoms with Crippen molar-refractivity contribution in [3.05, 3.63) is 23.8 Å². The molecule has 4 rings (SSSR count). The Bertz CT molecular complexity index is 799. The molecule has 158 valence electrons. The van der Waals surface area contributed by atoms with Crippen LogP contribution in [0, 0.1) is 5.41 Å². The van der Waals surface area contributed by atoms with Crippen LogP contribution in [0.25, 0.3) is 0 Å². The van der Waals surface area contributed by atoms with Gasteiger partial charge in [0.25, 0.3) is 5.91 Å². The molecule has 7 nitrogen and oxygen atoms in total. The first kappa shape index (κ1) is 19.9. The lowest BCUT2D eigenvalue weighted by atomic mass is 9.73. The summed E-state index contributed by atoms with van der Waals surface area (Å²) in [6, 6.07) is 5.35. The van der Waals surface area contributed by atoms with E-state index in [2.05, 4.69) is 0 Å². The molecule has 3 aliphatic rings. The molecule has 1 aromatic rings. The summed E-state index contributed by atoms with van der Waals surface area (Å²) < 4.78 is 16.3. The molecule has 0 radical (unpaired) electrons. The summed E-state index contributed by atoms with van der Waals surface area (Å²) in [5.41, 5.74) is 0.0563. The predicted octanol–water partition coefficient (Wildman–Crippen LogP) is 3.67. The van der Waals surface area contributed by atoms with Gasteiger partial charge in [0.1, 0.15) is 5.60 Å². The normalized spacial score (nSPS) is 24.0. The van der Waals surface area contributed by atoms with Crippen LogP contribution in [0.1, 0.15) is 56.8 Å². The number of likely N-dealkylation sites (tertiary alicyclic amines) is 2. The Hall–Kier alpha value is -2.44. The van der Waals surface area contributed by atoms with Crippen LogP contribution in [-0.2, 0) is 4.74 Å². The van der Waals surface area contributed by atoms with Crippen molar-refractivity contribution in [2.45, 2.75) is 52.1 Å². The van der Waals surface area contributed by atoms with Gasteiger partial charge in [-0.15, -0.1) is 0 Å². The fraction of sp³-hybridized carbons (Fsp3) is 0.636. The van der Waals surface area contributed by atoms with Gasteiger partial charge in [-0.3, -0.25) is 4.79 Å². The van der Waals surface area contributed by atoms with E-state index in [1.54, 1.807) is 18.2 Å². The number of hydrogen-bond acceptors (Lipinski definition) is 5. The maximum absolute atomic E-state index is 13.2. The number of piperidine rings is 2. The molecule has 3 aliphatic heterocycles. The van der Waals surface area contributed by atoms with E-state index in [0.717, 1.165) is 32.2 Å². The van der Waals surface area contributed by atoms with Gasteiger partial charge in [0.05, 0.1) is 0 Å². The molecule has 0 aromatic heterocycles. The number of hydrogen-bond donors (Lipinski definition) is 0. The first-order valence-corrected chi connectivity index (χ1v) is 10.4. The number of nitrogens with zero attached hydrogens (tertiary/aromatic N) is 2. The number of ether oxygens (including phenoxy) is 3. The molecule has 2 fully saturated rings. The standard InChI is InChI=1S/C22H30N2O5/c1-21(2,3)29-20(26)24-11-5-9-22(14-24)8-4-10-23(13-22)19(25)16-6-7-17-18(12-16)28-15-27-17/h6-7,12H,4-5,8-11,13-15H2,1-3H3. The average molecular weight is 402 g/mol. The van der Waals surface area contributed by atoms with Gasteiger partial charge in [-0.1, -0.05) is 0 Å². The Morgan fingerprint density at radius 3 is 2.38 bits per heavy atom. The van der Waals surface area contributed by atoms with Crippen molar-refractivity contribution in [3.8, 4) is 11.5 Å². The third kappa shape index (κ3) is 4.28. The summed E-state index contributed by atoms with van der Waals surface area (Å²) in [7, 11) is 0. The van der Waals surface area contributed by atoms with Crippen LogP contribution >= 0.6 is 0 Å². The average Bonchev–Trinajstić information content (AvgIpc) is 3.14. The summed E-state index contributed by atoms with van der Waals surface area (Å²) in [6.45, 7) is 8.62. The van der Waals surface area contributed by atoms with Crippen molar-refractivity contribution in [2.75, 3.05) is 33.0 Å². The Kier molecular flexibility index (Phi) is 5.09. The maximum atomic E-state index is 13.2. The lowest BCUT2D eigenvalue weighted by Gasteiger charge is -2.48. The van der Waals surface area contributed by atoms with E-state index in [1.807, 2.05) is 30.6 Å². The van der Waals surface area contributed by atoms with Gasteiger partial charge >= 0.3 is 6.09 Å². The van der Waals surface area contributed by atoms with Crippen molar-refractivity contribution in [2.24, 2.45) is 5.41 Å². The van der Waals surface area contributed by atoms with Crippen LogP contribution in [0.3, 0.4) is 0 Å². The highest BCUT2D eigenvalue weighted by molar-refractivity contribution is 5.95.